The number of hydrogen-bond donors (Lipinski definition) is 0. The van der Waals surface area contributed by atoms with E-state index in [-0.39, 0.29) is 0 Å². The first-order valence-electron chi connectivity index (χ1n) is 7.92. The second-order valence-corrected chi connectivity index (χ2v) is 5.45. The van der Waals surface area contributed by atoms with E-state index >= 15 is 0 Å². The molecule has 116 valence electrons. The third-order valence-corrected chi connectivity index (χ3v) is 3.76. The Morgan fingerprint density at radius 1 is 1.14 bits per heavy atom. The zero-order valence-corrected chi connectivity index (χ0v) is 13.6. The molecule has 1 aromatic heterocycles. The summed E-state index contributed by atoms with van der Waals surface area (Å²) in [6, 6.07) is 9.99. The van der Waals surface area contributed by atoms with Crippen LogP contribution in [-0.4, -0.2) is 11.4 Å². The highest BCUT2D eigenvalue weighted by atomic mass is 16.5. The number of rotatable bonds is 7. The van der Waals surface area contributed by atoms with E-state index in [0.717, 1.165) is 65.7 Å². The Morgan fingerprint density at radius 2 is 1.82 bits per heavy atom. The first-order chi connectivity index (χ1) is 10.7. The van der Waals surface area contributed by atoms with Crippen molar-refractivity contribution in [3.8, 4) is 11.3 Å². The molecule has 2 rings (SSSR count). The van der Waals surface area contributed by atoms with Crippen molar-refractivity contribution in [3.05, 3.63) is 47.2 Å². The predicted molar refractivity (Wildman–Crippen MR) is 89.5 cm³/mol. The maximum Gasteiger partial charge on any atom is 0.146 e. The lowest BCUT2D eigenvalue weighted by atomic mass is 9.91. The highest BCUT2D eigenvalue weighted by Crippen LogP contribution is 2.35. The van der Waals surface area contributed by atoms with Gasteiger partial charge in [0.1, 0.15) is 17.7 Å². The maximum atomic E-state index is 11.6. The molecule has 0 bridgehead atoms. The number of aldehydes is 1. The van der Waals surface area contributed by atoms with E-state index in [9.17, 15) is 4.79 Å². The van der Waals surface area contributed by atoms with Crippen LogP contribution in [0.15, 0.2) is 40.4 Å². The average molecular weight is 297 g/mol. The van der Waals surface area contributed by atoms with Crippen molar-refractivity contribution in [1.29, 1.82) is 0 Å². The smallest absolute Gasteiger partial charge is 0.146 e. The summed E-state index contributed by atoms with van der Waals surface area (Å²) < 4.78 is 5.45. The summed E-state index contributed by atoms with van der Waals surface area (Å²) in [6.45, 7) is 6.13. The fraction of sp³-hybridized carbons (Fsp3) is 0.368. The van der Waals surface area contributed by atoms with Crippen LogP contribution in [0.4, 0.5) is 0 Å². The molecular formula is C19H23NO2. The second kappa shape index (κ2) is 7.74. The summed E-state index contributed by atoms with van der Waals surface area (Å²) in [5.74, 6) is 0.776. The molecule has 0 spiro atoms. The van der Waals surface area contributed by atoms with E-state index < -0.39 is 0 Å². The molecule has 0 aliphatic carbocycles. The molecule has 0 saturated heterocycles. The van der Waals surface area contributed by atoms with E-state index in [0.29, 0.717) is 0 Å². The molecule has 0 amide bonds. The normalized spacial score (nSPS) is 12.1. The van der Waals surface area contributed by atoms with Gasteiger partial charge in [0, 0.05) is 11.1 Å². The van der Waals surface area contributed by atoms with Gasteiger partial charge in [-0.15, -0.1) is 0 Å². The minimum Gasteiger partial charge on any atom is -0.360 e. The van der Waals surface area contributed by atoms with Crippen LogP contribution in [0.25, 0.3) is 16.8 Å². The van der Waals surface area contributed by atoms with E-state index in [2.05, 4.69) is 19.0 Å². The minimum atomic E-state index is 0.776. The predicted octanol–water partition coefficient (Wildman–Crippen LogP) is 5.20. The first kappa shape index (κ1) is 16.2. The van der Waals surface area contributed by atoms with Crippen LogP contribution >= 0.6 is 0 Å². The zero-order valence-electron chi connectivity index (χ0n) is 13.6. The van der Waals surface area contributed by atoms with Gasteiger partial charge in [-0.2, -0.15) is 0 Å². The maximum absolute atomic E-state index is 11.6. The Kier molecular flexibility index (Phi) is 5.70. The molecule has 2 aromatic rings. The molecule has 1 heterocycles. The number of hydrogen-bond acceptors (Lipinski definition) is 3. The van der Waals surface area contributed by atoms with Crippen LogP contribution < -0.4 is 0 Å². The summed E-state index contributed by atoms with van der Waals surface area (Å²) in [5, 5.41) is 4.24. The number of aryl methyl sites for hydroxylation is 1. The van der Waals surface area contributed by atoms with Gasteiger partial charge in [0.2, 0.25) is 0 Å². The van der Waals surface area contributed by atoms with E-state index in [4.69, 9.17) is 4.52 Å². The van der Waals surface area contributed by atoms with Crippen LogP contribution in [0.3, 0.4) is 0 Å². The van der Waals surface area contributed by atoms with Crippen LogP contribution in [0.5, 0.6) is 0 Å². The lowest BCUT2D eigenvalue weighted by Crippen LogP contribution is -1.97. The standard InChI is InChI=1S/C19H23NO2/c1-4-9-16(13-21)17(10-5-2)18-14(3)22-20-19(18)15-11-7-6-8-12-15/h6-8,11-13H,4-5,9-10H2,1-3H3/b17-16-. The Labute approximate surface area is 132 Å². The Bertz CT molecular complexity index is 653. The van der Waals surface area contributed by atoms with Gasteiger partial charge in [0.05, 0.1) is 0 Å². The Hall–Kier alpha value is -2.16. The molecule has 0 radical (unpaired) electrons. The molecule has 0 aliphatic heterocycles. The fourth-order valence-electron chi connectivity index (χ4n) is 2.77. The fourth-order valence-corrected chi connectivity index (χ4v) is 2.77. The van der Waals surface area contributed by atoms with Crippen molar-refractivity contribution in [2.24, 2.45) is 0 Å². The molecule has 0 saturated carbocycles. The Morgan fingerprint density at radius 3 is 2.41 bits per heavy atom. The molecule has 0 N–H and O–H groups in total. The molecule has 22 heavy (non-hydrogen) atoms. The second-order valence-electron chi connectivity index (χ2n) is 5.45. The number of aromatic nitrogens is 1. The average Bonchev–Trinajstić information content (AvgIpc) is 2.93. The molecule has 0 aliphatic rings. The summed E-state index contributed by atoms with van der Waals surface area (Å²) in [4.78, 5) is 11.6. The van der Waals surface area contributed by atoms with Crippen LogP contribution in [-0.2, 0) is 4.79 Å². The van der Waals surface area contributed by atoms with Crippen molar-refractivity contribution in [2.75, 3.05) is 0 Å². The lowest BCUT2D eigenvalue weighted by molar-refractivity contribution is -0.105. The van der Waals surface area contributed by atoms with Crippen LogP contribution in [0.2, 0.25) is 0 Å². The van der Waals surface area contributed by atoms with Crippen LogP contribution in [0, 0.1) is 6.92 Å². The third-order valence-electron chi connectivity index (χ3n) is 3.76. The SMILES string of the molecule is CCC/C(C=O)=C(\CCC)c1c(-c2ccccc2)noc1C. The van der Waals surface area contributed by atoms with Gasteiger partial charge < -0.3 is 4.52 Å². The van der Waals surface area contributed by atoms with Gasteiger partial charge in [0.15, 0.2) is 0 Å². The monoisotopic (exact) mass is 297 g/mol. The number of nitrogens with zero attached hydrogens (tertiary/aromatic N) is 1. The van der Waals surface area contributed by atoms with Crippen molar-refractivity contribution in [1.82, 2.24) is 5.16 Å². The molecule has 1 aromatic carbocycles. The number of allylic oxidation sites excluding steroid dienone is 2. The summed E-state index contributed by atoms with van der Waals surface area (Å²) in [7, 11) is 0. The molecular weight excluding hydrogens is 274 g/mol. The van der Waals surface area contributed by atoms with Crippen molar-refractivity contribution >= 4 is 11.9 Å². The quantitative estimate of drug-likeness (QED) is 0.521. The highest BCUT2D eigenvalue weighted by Gasteiger charge is 2.20. The third kappa shape index (κ3) is 3.35. The van der Waals surface area contributed by atoms with Gasteiger partial charge in [-0.25, -0.2) is 0 Å². The summed E-state index contributed by atoms with van der Waals surface area (Å²) in [5.41, 5.74) is 4.79. The topological polar surface area (TPSA) is 43.1 Å². The van der Waals surface area contributed by atoms with Crippen LogP contribution in [0.1, 0.15) is 50.9 Å². The Balaban J connectivity index is 2.62. The van der Waals surface area contributed by atoms with Gasteiger partial charge in [-0.05, 0) is 30.9 Å². The van der Waals surface area contributed by atoms with E-state index in [1.54, 1.807) is 0 Å². The molecule has 0 atom stereocenters. The molecule has 0 fully saturated rings. The number of benzene rings is 1. The zero-order chi connectivity index (χ0) is 15.9. The van der Waals surface area contributed by atoms with Crippen molar-refractivity contribution in [2.45, 2.75) is 46.5 Å². The molecule has 3 heteroatoms. The summed E-state index contributed by atoms with van der Waals surface area (Å²) >= 11 is 0. The van der Waals surface area contributed by atoms with E-state index in [1.807, 2.05) is 37.3 Å². The van der Waals surface area contributed by atoms with Gasteiger partial charge in [-0.3, -0.25) is 4.79 Å². The van der Waals surface area contributed by atoms with Gasteiger partial charge in [-0.1, -0.05) is 62.2 Å². The number of carbonyl (C=O) groups excluding carboxylic acids is 1. The number of carbonyl (C=O) groups is 1. The summed E-state index contributed by atoms with van der Waals surface area (Å²) in [6.07, 6.45) is 4.57. The largest absolute Gasteiger partial charge is 0.360 e. The van der Waals surface area contributed by atoms with Crippen molar-refractivity contribution in [3.63, 3.8) is 0 Å². The molecule has 0 unspecified atom stereocenters. The minimum absolute atomic E-state index is 0.776. The highest BCUT2D eigenvalue weighted by molar-refractivity contribution is 5.92. The van der Waals surface area contributed by atoms with Gasteiger partial charge in [0.25, 0.3) is 0 Å². The van der Waals surface area contributed by atoms with Gasteiger partial charge >= 0.3 is 0 Å². The lowest BCUT2D eigenvalue weighted by Gasteiger charge is -2.11. The van der Waals surface area contributed by atoms with E-state index in [1.165, 1.54) is 0 Å². The molecule has 3 nitrogen and oxygen atoms in total. The first-order valence-corrected chi connectivity index (χ1v) is 7.92. The van der Waals surface area contributed by atoms with Crippen molar-refractivity contribution < 1.29 is 9.32 Å².